The summed E-state index contributed by atoms with van der Waals surface area (Å²) in [6.45, 7) is 0.415. The number of rotatable bonds is 9. The predicted octanol–water partition coefficient (Wildman–Crippen LogP) is 2.25. The normalized spacial score (nSPS) is 24.5. The van der Waals surface area contributed by atoms with Crippen molar-refractivity contribution in [3.05, 3.63) is 23.7 Å². The van der Waals surface area contributed by atoms with Crippen LogP contribution < -0.4 is 15.4 Å². The Bertz CT molecular complexity index is 963. The number of piperidine rings is 2. The Morgan fingerprint density at radius 2 is 1.97 bits per heavy atom. The van der Waals surface area contributed by atoms with Crippen LogP contribution in [0, 0.1) is 5.92 Å². The van der Waals surface area contributed by atoms with Crippen molar-refractivity contribution in [3.63, 3.8) is 0 Å². The summed E-state index contributed by atoms with van der Waals surface area (Å²) in [4.78, 5) is 24.2. The summed E-state index contributed by atoms with van der Waals surface area (Å²) >= 11 is 0. The fourth-order valence-corrected chi connectivity index (χ4v) is 5.22. The molecule has 1 amide bonds. The number of hydrogen-bond donors (Lipinski definition) is 4. The van der Waals surface area contributed by atoms with Gasteiger partial charge in [0.1, 0.15) is 11.6 Å². The first-order chi connectivity index (χ1) is 16.1. The van der Waals surface area contributed by atoms with E-state index in [0.717, 1.165) is 32.1 Å². The molecule has 0 radical (unpaired) electrons. The first kappa shape index (κ1) is 22.1. The standard InChI is InChI=1S/C23H33N7O3/c1-33-22-11-19(25-20-10-16(13-31)28-29-20)26-21(27-22)12-24-15-8-17-3-2-4-18(9-15)30(17)23(32)7-14-5-6-14/h10-11,14-15,17-18,24,31H,2-9,12-13H2,1H3,(H2,25,26,27,28,29). The second kappa shape index (κ2) is 9.64. The monoisotopic (exact) mass is 455 g/mol. The van der Waals surface area contributed by atoms with Crippen LogP contribution in [0.1, 0.15) is 62.9 Å². The van der Waals surface area contributed by atoms with Gasteiger partial charge >= 0.3 is 0 Å². The molecule has 10 heteroatoms. The van der Waals surface area contributed by atoms with Crippen molar-refractivity contribution in [3.8, 4) is 5.88 Å². The molecule has 2 aromatic rings. The van der Waals surface area contributed by atoms with E-state index in [1.807, 2.05) is 0 Å². The lowest BCUT2D eigenvalue weighted by Crippen LogP contribution is -2.58. The van der Waals surface area contributed by atoms with E-state index in [9.17, 15) is 9.90 Å². The van der Waals surface area contributed by atoms with E-state index in [1.54, 1.807) is 19.2 Å². The highest BCUT2D eigenvalue weighted by Gasteiger charge is 2.41. The van der Waals surface area contributed by atoms with Crippen molar-refractivity contribution in [2.75, 3.05) is 12.4 Å². The Hall–Kier alpha value is -2.72. The van der Waals surface area contributed by atoms with Gasteiger partial charge in [-0.1, -0.05) is 0 Å². The number of aromatic amines is 1. The van der Waals surface area contributed by atoms with Crippen LogP contribution in [-0.2, 0) is 17.9 Å². The molecule has 2 unspecified atom stereocenters. The highest BCUT2D eigenvalue weighted by atomic mass is 16.5. The average Bonchev–Trinajstić information content (AvgIpc) is 3.51. The van der Waals surface area contributed by atoms with Crippen LogP contribution in [0.2, 0.25) is 0 Å². The summed E-state index contributed by atoms with van der Waals surface area (Å²) in [5.74, 6) is 3.26. The largest absolute Gasteiger partial charge is 0.481 e. The van der Waals surface area contributed by atoms with Crippen LogP contribution in [0.15, 0.2) is 12.1 Å². The number of H-pyrrole nitrogens is 1. The maximum absolute atomic E-state index is 12.9. The highest BCUT2D eigenvalue weighted by Crippen LogP contribution is 2.38. The van der Waals surface area contributed by atoms with Crippen molar-refractivity contribution in [1.82, 2.24) is 30.4 Å². The number of nitrogens with zero attached hydrogens (tertiary/aromatic N) is 4. The third-order valence-electron chi connectivity index (χ3n) is 6.99. The maximum Gasteiger partial charge on any atom is 0.223 e. The molecule has 0 aromatic carbocycles. The first-order valence-electron chi connectivity index (χ1n) is 12.0. The van der Waals surface area contributed by atoms with Gasteiger partial charge in [0, 0.05) is 36.7 Å². The fourth-order valence-electron chi connectivity index (χ4n) is 5.22. The molecule has 3 aliphatic rings. The molecule has 2 aromatic heterocycles. The zero-order valence-electron chi connectivity index (χ0n) is 19.1. The molecular weight excluding hydrogens is 422 g/mol. The number of aliphatic hydroxyl groups excluding tert-OH is 1. The third kappa shape index (κ3) is 5.27. The second-order valence-corrected chi connectivity index (χ2v) is 9.51. The van der Waals surface area contributed by atoms with Gasteiger partial charge in [-0.15, -0.1) is 0 Å². The first-order valence-corrected chi connectivity index (χ1v) is 12.0. The topological polar surface area (TPSA) is 128 Å². The Morgan fingerprint density at radius 1 is 1.18 bits per heavy atom. The number of methoxy groups -OCH3 is 1. The zero-order valence-corrected chi connectivity index (χ0v) is 19.1. The van der Waals surface area contributed by atoms with Gasteiger partial charge in [0.2, 0.25) is 11.8 Å². The van der Waals surface area contributed by atoms with Gasteiger partial charge in [0.15, 0.2) is 5.82 Å². The Morgan fingerprint density at radius 3 is 2.64 bits per heavy atom. The van der Waals surface area contributed by atoms with Gasteiger partial charge in [-0.05, 0) is 50.9 Å². The smallest absolute Gasteiger partial charge is 0.223 e. The Kier molecular flexibility index (Phi) is 6.45. The third-order valence-corrected chi connectivity index (χ3v) is 6.99. The summed E-state index contributed by atoms with van der Waals surface area (Å²) in [6.07, 6.45) is 8.59. The molecule has 2 saturated heterocycles. The number of amides is 1. The van der Waals surface area contributed by atoms with Gasteiger partial charge in [0.25, 0.3) is 0 Å². The lowest BCUT2D eigenvalue weighted by atomic mass is 9.81. The van der Waals surface area contributed by atoms with Crippen molar-refractivity contribution in [1.29, 1.82) is 0 Å². The zero-order chi connectivity index (χ0) is 22.8. The number of anilines is 2. The predicted molar refractivity (Wildman–Crippen MR) is 122 cm³/mol. The van der Waals surface area contributed by atoms with Crippen LogP contribution in [-0.4, -0.2) is 61.3 Å². The number of nitrogens with one attached hydrogen (secondary N) is 3. The Balaban J connectivity index is 1.21. The average molecular weight is 456 g/mol. The fraction of sp³-hybridized carbons (Fsp3) is 0.652. The summed E-state index contributed by atoms with van der Waals surface area (Å²) < 4.78 is 5.36. The molecule has 4 heterocycles. The van der Waals surface area contributed by atoms with E-state index in [4.69, 9.17) is 4.74 Å². The molecule has 1 aliphatic carbocycles. The van der Waals surface area contributed by atoms with E-state index in [0.29, 0.717) is 65.5 Å². The minimum Gasteiger partial charge on any atom is -0.481 e. The molecule has 0 spiro atoms. The second-order valence-electron chi connectivity index (χ2n) is 9.51. The number of hydrogen-bond acceptors (Lipinski definition) is 8. The van der Waals surface area contributed by atoms with E-state index in [2.05, 4.69) is 35.7 Å². The molecule has 2 atom stereocenters. The van der Waals surface area contributed by atoms with Crippen LogP contribution in [0.25, 0.3) is 0 Å². The van der Waals surface area contributed by atoms with Gasteiger partial charge in [0.05, 0.1) is 26.0 Å². The maximum atomic E-state index is 12.9. The molecule has 33 heavy (non-hydrogen) atoms. The van der Waals surface area contributed by atoms with Crippen LogP contribution in [0.3, 0.4) is 0 Å². The molecule has 178 valence electrons. The lowest BCUT2D eigenvalue weighted by molar-refractivity contribution is -0.141. The number of fused-ring (bicyclic) bond motifs is 2. The highest BCUT2D eigenvalue weighted by molar-refractivity contribution is 5.77. The van der Waals surface area contributed by atoms with Crippen molar-refractivity contribution < 1.29 is 14.6 Å². The van der Waals surface area contributed by atoms with E-state index in [-0.39, 0.29) is 6.61 Å². The van der Waals surface area contributed by atoms with Crippen LogP contribution in [0.5, 0.6) is 5.88 Å². The van der Waals surface area contributed by atoms with Crippen LogP contribution >= 0.6 is 0 Å². The summed E-state index contributed by atoms with van der Waals surface area (Å²) in [5, 5.41) is 22.8. The molecule has 2 bridgehead atoms. The molecule has 4 N–H and O–H groups in total. The summed E-state index contributed by atoms with van der Waals surface area (Å²) in [5.41, 5.74) is 0.618. The van der Waals surface area contributed by atoms with E-state index in [1.165, 1.54) is 19.3 Å². The number of carbonyl (C=O) groups excluding carboxylic acids is 1. The molecular formula is C23H33N7O3. The molecule has 10 nitrogen and oxygen atoms in total. The minimum absolute atomic E-state index is 0.107. The molecule has 5 rings (SSSR count). The number of aromatic nitrogens is 4. The van der Waals surface area contributed by atoms with Gasteiger partial charge in [-0.2, -0.15) is 10.1 Å². The van der Waals surface area contributed by atoms with Crippen molar-refractivity contribution in [2.45, 2.75) is 82.6 Å². The Labute approximate surface area is 193 Å². The molecule has 3 fully saturated rings. The minimum atomic E-state index is -0.107. The SMILES string of the molecule is COc1cc(Nc2cc(CO)[nH]n2)nc(CNC2CC3CCCC(C2)N3C(=O)CC2CC2)n1. The molecule has 1 saturated carbocycles. The summed E-state index contributed by atoms with van der Waals surface area (Å²) in [7, 11) is 1.58. The number of aliphatic hydroxyl groups is 1. The van der Waals surface area contributed by atoms with Crippen LogP contribution in [0.4, 0.5) is 11.6 Å². The number of ether oxygens (including phenoxy) is 1. The van der Waals surface area contributed by atoms with Crippen molar-refractivity contribution in [2.24, 2.45) is 5.92 Å². The van der Waals surface area contributed by atoms with Gasteiger partial charge < -0.3 is 25.4 Å². The van der Waals surface area contributed by atoms with Gasteiger partial charge in [-0.3, -0.25) is 9.89 Å². The van der Waals surface area contributed by atoms with E-state index < -0.39 is 0 Å². The van der Waals surface area contributed by atoms with Crippen molar-refractivity contribution >= 4 is 17.5 Å². The number of carbonyl (C=O) groups is 1. The molecule has 2 aliphatic heterocycles. The van der Waals surface area contributed by atoms with E-state index >= 15 is 0 Å². The summed E-state index contributed by atoms with van der Waals surface area (Å²) in [6, 6.07) is 4.49. The quantitative estimate of drug-likeness (QED) is 0.453. The van der Waals surface area contributed by atoms with Gasteiger partial charge in [-0.25, -0.2) is 4.98 Å². The lowest BCUT2D eigenvalue weighted by Gasteiger charge is -2.49.